The van der Waals surface area contributed by atoms with Crippen LogP contribution in [0.5, 0.6) is 0 Å². The quantitative estimate of drug-likeness (QED) is 0.322. The normalized spacial score (nSPS) is 19.1. The van der Waals surface area contributed by atoms with E-state index in [0.717, 1.165) is 22.4 Å². The van der Waals surface area contributed by atoms with Gasteiger partial charge < -0.3 is 25.7 Å². The van der Waals surface area contributed by atoms with Gasteiger partial charge in [0.1, 0.15) is 17.0 Å². The molecule has 0 aliphatic carbocycles. The van der Waals surface area contributed by atoms with Gasteiger partial charge in [-0.25, -0.2) is 9.80 Å². The molecular formula is C31H39N5O6. The third-order valence-electron chi connectivity index (χ3n) is 7.99. The number of hydrogen-bond donors (Lipinski definition) is 4. The third-order valence-corrected chi connectivity index (χ3v) is 7.99. The molecule has 2 aliphatic heterocycles. The summed E-state index contributed by atoms with van der Waals surface area (Å²) in [6, 6.07) is 16.2. The predicted octanol–water partition coefficient (Wildman–Crippen LogP) is 2.32. The Morgan fingerprint density at radius 3 is 2.45 bits per heavy atom. The molecule has 2 aromatic rings. The number of likely N-dealkylation sites (tertiary alicyclic amines) is 1. The molecule has 4 amide bonds. The van der Waals surface area contributed by atoms with Crippen molar-refractivity contribution in [2.75, 3.05) is 20.1 Å². The number of aryl methyl sites for hydroxylation is 1. The zero-order chi connectivity index (χ0) is 30.5. The van der Waals surface area contributed by atoms with Crippen LogP contribution in [0.4, 0.5) is 4.79 Å². The van der Waals surface area contributed by atoms with Gasteiger partial charge in [-0.3, -0.25) is 14.4 Å². The molecule has 0 aromatic heterocycles. The first-order valence-electron chi connectivity index (χ1n) is 14.1. The minimum Gasteiger partial charge on any atom is -0.465 e. The molecule has 42 heavy (non-hydrogen) atoms. The van der Waals surface area contributed by atoms with Gasteiger partial charge in [-0.1, -0.05) is 54.6 Å². The van der Waals surface area contributed by atoms with Crippen LogP contribution < -0.4 is 10.6 Å². The first-order valence-corrected chi connectivity index (χ1v) is 14.1. The Kier molecular flexibility index (Phi) is 9.30. The number of carbonyl (C=O) groups excluding carboxylic acids is 3. The molecule has 1 saturated heterocycles. The van der Waals surface area contributed by atoms with Gasteiger partial charge in [-0.05, 0) is 56.2 Å². The van der Waals surface area contributed by atoms with E-state index in [1.165, 1.54) is 18.9 Å². The van der Waals surface area contributed by atoms with E-state index >= 15 is 0 Å². The Hall–Kier alpha value is -4.25. The standard InChI is InChI=1S/C31H39N5O6/c1-30(2,33-29(41)42)27(39)32-24(14-8-12-21-11-7-13-23(17-21)19-37)26(38)36-16-15-25-31(20-36,28(40)35(3)34-25)18-22-9-5-4-6-10-22/h4-7,9-11,13,17,24,33,37H,8,12,14-16,18-20H2,1-3H3,(H,32,39)(H,41,42). The Bertz CT molecular complexity index is 1360. The van der Waals surface area contributed by atoms with E-state index in [1.54, 1.807) is 11.9 Å². The number of aliphatic hydroxyl groups excluding tert-OH is 1. The van der Waals surface area contributed by atoms with Crippen LogP contribution in [0.2, 0.25) is 0 Å². The zero-order valence-electron chi connectivity index (χ0n) is 24.3. The highest BCUT2D eigenvalue weighted by atomic mass is 16.4. The van der Waals surface area contributed by atoms with Crippen molar-refractivity contribution in [3.63, 3.8) is 0 Å². The number of piperidine rings is 1. The highest BCUT2D eigenvalue weighted by Gasteiger charge is 2.54. The number of carbonyl (C=O) groups is 4. The lowest BCUT2D eigenvalue weighted by Gasteiger charge is -2.41. The molecule has 0 radical (unpaired) electrons. The van der Waals surface area contributed by atoms with Crippen molar-refractivity contribution in [3.05, 3.63) is 71.3 Å². The number of fused-ring (bicyclic) bond motifs is 1. The number of benzene rings is 2. The molecule has 2 aromatic carbocycles. The molecule has 0 spiro atoms. The van der Waals surface area contributed by atoms with Gasteiger partial charge in [0.15, 0.2) is 0 Å². The average molecular weight is 578 g/mol. The number of hydrogen-bond acceptors (Lipinski definition) is 6. The van der Waals surface area contributed by atoms with Crippen LogP contribution in [0.15, 0.2) is 59.7 Å². The Balaban J connectivity index is 1.56. The summed E-state index contributed by atoms with van der Waals surface area (Å²) in [4.78, 5) is 53.7. The summed E-state index contributed by atoms with van der Waals surface area (Å²) in [5.74, 6) is -1.12. The van der Waals surface area contributed by atoms with Crippen LogP contribution in [-0.2, 0) is 33.8 Å². The van der Waals surface area contributed by atoms with Gasteiger partial charge in [0.25, 0.3) is 5.91 Å². The lowest BCUT2D eigenvalue weighted by Crippen LogP contribution is -2.61. The van der Waals surface area contributed by atoms with E-state index in [4.69, 9.17) is 0 Å². The fourth-order valence-corrected chi connectivity index (χ4v) is 5.75. The number of rotatable bonds is 11. The van der Waals surface area contributed by atoms with Crippen LogP contribution in [-0.4, -0.2) is 81.4 Å². The van der Waals surface area contributed by atoms with Crippen LogP contribution in [0.3, 0.4) is 0 Å². The largest absolute Gasteiger partial charge is 0.465 e. The van der Waals surface area contributed by atoms with E-state index in [-0.39, 0.29) is 25.0 Å². The Morgan fingerprint density at radius 1 is 1.07 bits per heavy atom. The van der Waals surface area contributed by atoms with E-state index < -0.39 is 29.0 Å². The van der Waals surface area contributed by atoms with Crippen LogP contribution in [0, 0.1) is 5.41 Å². The second-order valence-electron chi connectivity index (χ2n) is 11.6. The molecule has 0 bridgehead atoms. The molecule has 11 nitrogen and oxygen atoms in total. The smallest absolute Gasteiger partial charge is 0.405 e. The number of nitrogens with one attached hydrogen (secondary N) is 2. The molecule has 0 saturated carbocycles. The Labute approximate surface area is 245 Å². The lowest BCUT2D eigenvalue weighted by atomic mass is 9.73. The van der Waals surface area contributed by atoms with Crippen molar-refractivity contribution < 1.29 is 29.4 Å². The molecular weight excluding hydrogens is 538 g/mol. The van der Waals surface area contributed by atoms with Crippen molar-refractivity contribution in [2.45, 2.75) is 64.1 Å². The highest BCUT2D eigenvalue weighted by molar-refractivity contribution is 6.13. The second kappa shape index (κ2) is 12.7. The van der Waals surface area contributed by atoms with E-state index in [1.807, 2.05) is 54.6 Å². The third kappa shape index (κ3) is 6.79. The van der Waals surface area contributed by atoms with Gasteiger partial charge in [-0.2, -0.15) is 5.10 Å². The fraction of sp³-hybridized carbons (Fsp3) is 0.452. The van der Waals surface area contributed by atoms with Gasteiger partial charge in [0.2, 0.25) is 11.8 Å². The zero-order valence-corrected chi connectivity index (χ0v) is 24.3. The van der Waals surface area contributed by atoms with Crippen LogP contribution in [0.25, 0.3) is 0 Å². The summed E-state index contributed by atoms with van der Waals surface area (Å²) in [5.41, 5.74) is 1.02. The Morgan fingerprint density at radius 2 is 1.76 bits per heavy atom. The number of hydrazone groups is 1. The minimum atomic E-state index is -1.47. The molecule has 4 N–H and O–H groups in total. The van der Waals surface area contributed by atoms with Crippen LogP contribution >= 0.6 is 0 Å². The van der Waals surface area contributed by atoms with Gasteiger partial charge >= 0.3 is 6.09 Å². The van der Waals surface area contributed by atoms with Crippen molar-refractivity contribution in [2.24, 2.45) is 10.5 Å². The van der Waals surface area contributed by atoms with Crippen molar-refractivity contribution in [1.29, 1.82) is 0 Å². The predicted molar refractivity (Wildman–Crippen MR) is 156 cm³/mol. The van der Waals surface area contributed by atoms with E-state index in [0.29, 0.717) is 38.6 Å². The highest BCUT2D eigenvalue weighted by Crippen LogP contribution is 2.38. The maximum absolute atomic E-state index is 14.1. The second-order valence-corrected chi connectivity index (χ2v) is 11.6. The van der Waals surface area contributed by atoms with E-state index in [9.17, 15) is 29.4 Å². The van der Waals surface area contributed by atoms with Crippen LogP contribution in [0.1, 0.15) is 49.8 Å². The molecule has 2 aliphatic rings. The molecule has 2 heterocycles. The summed E-state index contributed by atoms with van der Waals surface area (Å²) in [6.45, 7) is 3.27. The summed E-state index contributed by atoms with van der Waals surface area (Å²) >= 11 is 0. The first kappa shape index (κ1) is 30.7. The van der Waals surface area contributed by atoms with E-state index in [2.05, 4.69) is 15.7 Å². The summed E-state index contributed by atoms with van der Waals surface area (Å²) in [6.07, 6.45) is 0.936. The molecule has 11 heteroatoms. The molecule has 4 rings (SSSR count). The van der Waals surface area contributed by atoms with Gasteiger partial charge in [-0.15, -0.1) is 0 Å². The lowest BCUT2D eigenvalue weighted by molar-refractivity contribution is -0.142. The maximum Gasteiger partial charge on any atom is 0.405 e. The monoisotopic (exact) mass is 577 g/mol. The van der Waals surface area contributed by atoms with Gasteiger partial charge in [0, 0.05) is 26.6 Å². The SMILES string of the molecule is CN1N=C2CCN(C(=O)C(CCCc3cccc(CO)c3)NC(=O)C(C)(C)NC(=O)O)CC2(Cc2ccccc2)C1=O. The fourth-order valence-electron chi connectivity index (χ4n) is 5.75. The molecule has 2 atom stereocenters. The number of carboxylic acid groups (broad SMARTS) is 1. The summed E-state index contributed by atoms with van der Waals surface area (Å²) < 4.78 is 0. The molecule has 224 valence electrons. The van der Waals surface area contributed by atoms with Crippen molar-refractivity contribution in [3.8, 4) is 0 Å². The van der Waals surface area contributed by atoms with Crippen molar-refractivity contribution in [1.82, 2.24) is 20.5 Å². The first-order chi connectivity index (χ1) is 19.9. The molecule has 2 unspecified atom stereocenters. The number of amides is 4. The average Bonchev–Trinajstić information content (AvgIpc) is 3.20. The van der Waals surface area contributed by atoms with Gasteiger partial charge in [0.05, 0.1) is 12.3 Å². The number of nitrogens with zero attached hydrogens (tertiary/aromatic N) is 3. The van der Waals surface area contributed by atoms with Crippen molar-refractivity contribution >= 4 is 29.5 Å². The maximum atomic E-state index is 14.1. The minimum absolute atomic E-state index is 0.0738. The topological polar surface area (TPSA) is 152 Å². The summed E-state index contributed by atoms with van der Waals surface area (Å²) in [5, 5.41) is 29.5. The summed E-state index contributed by atoms with van der Waals surface area (Å²) in [7, 11) is 1.62. The number of aliphatic hydroxyl groups is 1. The molecule has 1 fully saturated rings.